The molecule has 0 spiro atoms. The lowest BCUT2D eigenvalue weighted by Crippen LogP contribution is -2.08. The smallest absolute Gasteiger partial charge is 0.226 e. The number of benzene rings is 1. The summed E-state index contributed by atoms with van der Waals surface area (Å²) in [5.41, 5.74) is 10.3. The van der Waals surface area contributed by atoms with E-state index in [1.807, 2.05) is 19.1 Å². The molecule has 0 aliphatic carbocycles. The number of hydrogen-bond acceptors (Lipinski definition) is 8. The fraction of sp³-hybridized carbons (Fsp3) is 0.176. The number of pyridine rings is 1. The summed E-state index contributed by atoms with van der Waals surface area (Å²) in [6.07, 6.45) is 2.98. The molecule has 0 unspecified atom stereocenters. The molecule has 0 saturated carbocycles. The molecule has 0 bridgehead atoms. The Kier molecular flexibility index (Phi) is 3.92. The molecule has 0 fully saturated rings. The zero-order valence-electron chi connectivity index (χ0n) is 14.6. The topological polar surface area (TPSA) is 130 Å². The third-order valence-electron chi connectivity index (χ3n) is 4.28. The van der Waals surface area contributed by atoms with Gasteiger partial charge in [0.15, 0.2) is 15.4 Å². The lowest BCUT2D eigenvalue weighted by molar-refractivity contribution is 0.315. The monoisotopic (exact) mass is 384 g/mol. The second-order valence-electron chi connectivity index (χ2n) is 6.22. The van der Waals surface area contributed by atoms with Crippen LogP contribution in [0.1, 0.15) is 11.3 Å². The van der Waals surface area contributed by atoms with Gasteiger partial charge in [-0.3, -0.25) is 4.68 Å². The molecule has 2 N–H and O–H groups in total. The molecule has 0 amide bonds. The van der Waals surface area contributed by atoms with E-state index in [-0.39, 0.29) is 4.90 Å². The first-order valence-electron chi connectivity index (χ1n) is 8.04. The Bertz CT molecular complexity index is 1260. The highest BCUT2D eigenvalue weighted by molar-refractivity contribution is 7.90. The van der Waals surface area contributed by atoms with Crippen molar-refractivity contribution in [1.29, 1.82) is 0 Å². The van der Waals surface area contributed by atoms with E-state index in [1.165, 1.54) is 6.26 Å². The maximum atomic E-state index is 11.8. The number of hydrogen-bond donors (Lipinski definition) is 1. The Morgan fingerprint density at radius 2 is 2.04 bits per heavy atom. The molecule has 0 aliphatic rings. The van der Waals surface area contributed by atoms with Crippen LogP contribution in [-0.4, -0.2) is 39.8 Å². The summed E-state index contributed by atoms with van der Waals surface area (Å²) in [6, 6.07) is 8.50. The van der Waals surface area contributed by atoms with E-state index in [0.29, 0.717) is 34.8 Å². The lowest BCUT2D eigenvalue weighted by atomic mass is 10.1. The van der Waals surface area contributed by atoms with Crippen molar-refractivity contribution in [1.82, 2.24) is 25.1 Å². The van der Waals surface area contributed by atoms with Crippen molar-refractivity contribution in [3.05, 3.63) is 47.8 Å². The third-order valence-corrected chi connectivity index (χ3v) is 5.39. The van der Waals surface area contributed by atoms with Crippen LogP contribution in [0.2, 0.25) is 0 Å². The summed E-state index contributed by atoms with van der Waals surface area (Å²) in [4.78, 5) is 4.59. The Labute approximate surface area is 154 Å². The summed E-state index contributed by atoms with van der Waals surface area (Å²) >= 11 is 0. The van der Waals surface area contributed by atoms with Gasteiger partial charge in [-0.25, -0.2) is 18.0 Å². The predicted octanol–water partition coefficient (Wildman–Crippen LogP) is 1.82. The van der Waals surface area contributed by atoms with Crippen molar-refractivity contribution in [2.75, 3.05) is 12.0 Å². The van der Waals surface area contributed by atoms with E-state index in [0.717, 1.165) is 11.1 Å². The third kappa shape index (κ3) is 3.14. The molecule has 0 atom stereocenters. The molecule has 27 heavy (non-hydrogen) atoms. The highest BCUT2D eigenvalue weighted by atomic mass is 32.2. The van der Waals surface area contributed by atoms with Gasteiger partial charge in [0.1, 0.15) is 0 Å². The van der Waals surface area contributed by atoms with Crippen molar-refractivity contribution in [3.8, 4) is 11.3 Å². The first-order valence-corrected chi connectivity index (χ1v) is 9.93. The largest absolute Gasteiger partial charge is 0.396 e. The number of aryl methyl sites for hydroxylation is 1. The molecule has 9 nitrogen and oxygen atoms in total. The molecule has 0 saturated heterocycles. The van der Waals surface area contributed by atoms with E-state index in [9.17, 15) is 8.42 Å². The van der Waals surface area contributed by atoms with Gasteiger partial charge in [-0.2, -0.15) is 5.10 Å². The number of aromatic nitrogens is 5. The van der Waals surface area contributed by atoms with Crippen molar-refractivity contribution in [3.63, 3.8) is 0 Å². The van der Waals surface area contributed by atoms with Crippen LogP contribution in [0.5, 0.6) is 0 Å². The van der Waals surface area contributed by atoms with Gasteiger partial charge in [0.2, 0.25) is 5.65 Å². The first-order chi connectivity index (χ1) is 12.8. The zero-order chi connectivity index (χ0) is 19.2. The second-order valence-corrected chi connectivity index (χ2v) is 8.24. The van der Waals surface area contributed by atoms with Crippen LogP contribution in [-0.2, 0) is 16.4 Å². The molecule has 1 aromatic carbocycles. The van der Waals surface area contributed by atoms with E-state index in [4.69, 9.17) is 10.4 Å². The maximum absolute atomic E-state index is 11.8. The molecular weight excluding hydrogens is 368 g/mol. The van der Waals surface area contributed by atoms with Crippen LogP contribution in [0.25, 0.3) is 22.4 Å². The summed E-state index contributed by atoms with van der Waals surface area (Å²) in [5.74, 6) is 0. The van der Waals surface area contributed by atoms with Crippen LogP contribution < -0.4 is 5.73 Å². The number of nitrogens with zero attached hydrogens (tertiary/aromatic N) is 5. The van der Waals surface area contributed by atoms with Gasteiger partial charge in [-0.1, -0.05) is 12.1 Å². The van der Waals surface area contributed by atoms with Crippen LogP contribution in [0, 0.1) is 6.92 Å². The Hall–Kier alpha value is -3.27. The molecular formula is C17H16N6O3S. The minimum absolute atomic E-state index is 0.253. The summed E-state index contributed by atoms with van der Waals surface area (Å²) < 4.78 is 29.9. The number of rotatable bonds is 4. The van der Waals surface area contributed by atoms with E-state index in [2.05, 4.69) is 20.4 Å². The van der Waals surface area contributed by atoms with Crippen molar-refractivity contribution >= 4 is 26.7 Å². The molecule has 0 aliphatic heterocycles. The normalized spacial score (nSPS) is 11.9. The maximum Gasteiger partial charge on any atom is 0.226 e. The van der Waals surface area contributed by atoms with Gasteiger partial charge in [0, 0.05) is 29.3 Å². The van der Waals surface area contributed by atoms with Crippen LogP contribution in [0.15, 0.2) is 46.1 Å². The van der Waals surface area contributed by atoms with Crippen molar-refractivity contribution in [2.24, 2.45) is 0 Å². The van der Waals surface area contributed by atoms with Gasteiger partial charge in [-0.05, 0) is 35.4 Å². The summed E-state index contributed by atoms with van der Waals surface area (Å²) in [7, 11) is -3.28. The summed E-state index contributed by atoms with van der Waals surface area (Å²) in [6.45, 7) is 2.22. The number of anilines is 1. The molecule has 3 aromatic heterocycles. The van der Waals surface area contributed by atoms with Crippen LogP contribution in [0.3, 0.4) is 0 Å². The van der Waals surface area contributed by atoms with E-state index in [1.54, 1.807) is 29.1 Å². The molecule has 10 heteroatoms. The van der Waals surface area contributed by atoms with Gasteiger partial charge in [0.05, 0.1) is 22.8 Å². The Morgan fingerprint density at radius 1 is 1.22 bits per heavy atom. The lowest BCUT2D eigenvalue weighted by Gasteiger charge is -2.08. The Balaban J connectivity index is 1.68. The molecule has 138 valence electrons. The average Bonchev–Trinajstić information content (AvgIpc) is 3.27. The summed E-state index contributed by atoms with van der Waals surface area (Å²) in [5, 5.41) is 12.0. The van der Waals surface area contributed by atoms with E-state index < -0.39 is 9.84 Å². The number of fused-ring (bicyclic) bond motifs is 1. The van der Waals surface area contributed by atoms with E-state index >= 15 is 0 Å². The minimum Gasteiger partial charge on any atom is -0.396 e. The zero-order valence-corrected chi connectivity index (χ0v) is 15.4. The van der Waals surface area contributed by atoms with Gasteiger partial charge >= 0.3 is 0 Å². The van der Waals surface area contributed by atoms with Gasteiger partial charge < -0.3 is 5.73 Å². The van der Waals surface area contributed by atoms with Crippen LogP contribution >= 0.6 is 0 Å². The van der Waals surface area contributed by atoms with Gasteiger partial charge in [0.25, 0.3) is 0 Å². The Morgan fingerprint density at radius 3 is 2.81 bits per heavy atom. The average molecular weight is 384 g/mol. The number of sulfone groups is 1. The molecule has 3 heterocycles. The van der Waals surface area contributed by atoms with Crippen molar-refractivity contribution in [2.45, 2.75) is 18.4 Å². The standard InChI is InChI=1S/C17H16N6O3S/c1-10-13(15(18)16-17(19-10)22-26-21-16)9-23-7-6-14(20-23)11-4-3-5-12(8-11)27(2,24)25/h3-8H,9,18H2,1-2H3. The fourth-order valence-electron chi connectivity index (χ4n) is 2.84. The predicted molar refractivity (Wildman–Crippen MR) is 98.6 cm³/mol. The number of nitrogens with two attached hydrogens (primary N) is 1. The molecule has 4 aromatic rings. The van der Waals surface area contributed by atoms with Gasteiger partial charge in [-0.15, -0.1) is 0 Å². The highest BCUT2D eigenvalue weighted by Crippen LogP contribution is 2.25. The minimum atomic E-state index is -3.28. The molecule has 0 radical (unpaired) electrons. The van der Waals surface area contributed by atoms with Crippen LogP contribution in [0.4, 0.5) is 5.69 Å². The number of nitrogen functional groups attached to an aromatic ring is 1. The quantitative estimate of drug-likeness (QED) is 0.564. The second kappa shape index (κ2) is 6.16. The fourth-order valence-corrected chi connectivity index (χ4v) is 3.51. The first kappa shape index (κ1) is 17.2. The highest BCUT2D eigenvalue weighted by Gasteiger charge is 2.16. The SMILES string of the molecule is Cc1nc2nonc2c(N)c1Cn1ccc(-c2cccc(S(C)(=O)=O)c2)n1. The molecule has 4 rings (SSSR count). The van der Waals surface area contributed by atoms with Crippen molar-refractivity contribution < 1.29 is 13.0 Å².